The molecule has 2 rings (SSSR count). The van der Waals surface area contributed by atoms with Gasteiger partial charge in [-0.05, 0) is 50.6 Å². The molecule has 2 atom stereocenters. The van der Waals surface area contributed by atoms with E-state index in [1.54, 1.807) is 26.8 Å². The molecular formula is C18H21BrFN3O5S2. The van der Waals surface area contributed by atoms with Crippen LogP contribution in [-0.4, -0.2) is 28.8 Å². The van der Waals surface area contributed by atoms with Crippen molar-refractivity contribution in [3.05, 3.63) is 68.4 Å². The summed E-state index contributed by atoms with van der Waals surface area (Å²) in [5.41, 5.74) is -0.217. The van der Waals surface area contributed by atoms with Crippen molar-refractivity contribution < 1.29 is 21.9 Å². The summed E-state index contributed by atoms with van der Waals surface area (Å²) >= 11 is 3.18. The number of hydrogen-bond donors (Lipinski definition) is 2. The van der Waals surface area contributed by atoms with Crippen LogP contribution in [0.15, 0.2) is 51.8 Å². The number of nitrogens with zero attached hydrogens (tertiary/aromatic N) is 1. The molecule has 0 aliphatic heterocycles. The third-order valence-corrected chi connectivity index (χ3v) is 7.46. The van der Waals surface area contributed by atoms with Gasteiger partial charge >= 0.3 is 0 Å². The predicted octanol–water partition coefficient (Wildman–Crippen LogP) is 3.57. The molecule has 0 aromatic heterocycles. The number of hydrogen-bond acceptors (Lipinski definition) is 5. The van der Waals surface area contributed by atoms with Crippen LogP contribution in [0.3, 0.4) is 0 Å². The molecule has 0 fully saturated rings. The average molecular weight is 522 g/mol. The smallest absolute Gasteiger partial charge is 0.258 e. The summed E-state index contributed by atoms with van der Waals surface area (Å²) in [7, 11) is -5.86. The second-order valence-electron chi connectivity index (χ2n) is 7.33. The Bertz CT molecular complexity index is 1050. The maximum absolute atomic E-state index is 13.9. The Labute approximate surface area is 185 Å². The highest BCUT2D eigenvalue weighted by molar-refractivity contribution is 9.10. The minimum Gasteiger partial charge on any atom is -0.258 e. The van der Waals surface area contributed by atoms with Gasteiger partial charge in [-0.25, -0.2) is 26.5 Å². The molecule has 0 bridgehead atoms. The maximum Gasteiger partial charge on any atom is 0.289 e. The molecule has 2 N–H and O–H groups in total. The number of rotatable bonds is 8. The largest absolute Gasteiger partial charge is 0.289 e. The highest BCUT2D eigenvalue weighted by Crippen LogP contribution is 2.25. The predicted molar refractivity (Wildman–Crippen MR) is 116 cm³/mol. The van der Waals surface area contributed by atoms with Gasteiger partial charge in [-0.1, -0.05) is 28.1 Å². The Kier molecular flexibility index (Phi) is 7.85. The molecule has 30 heavy (non-hydrogen) atoms. The van der Waals surface area contributed by atoms with Crippen LogP contribution in [0, 0.1) is 15.9 Å². The molecule has 8 nitrogen and oxygen atoms in total. The summed E-state index contributed by atoms with van der Waals surface area (Å²) in [6, 6.07) is 8.07. The SMILES string of the molecule is CC(C)(C)[S@](=O)NC(CNS(=O)(=O)c1ccccc1[N+](=O)[O-])c1cc(F)cc(Br)c1. The summed E-state index contributed by atoms with van der Waals surface area (Å²) < 4.78 is 56.8. The standard InChI is InChI=1S/C18H21BrFN3O5S2/c1-18(2,3)29(26)22-15(12-8-13(19)10-14(20)9-12)11-21-30(27,28)17-7-5-4-6-16(17)23(24)25/h4-10,15,21-22H,11H2,1-3H3/t15?,29-/m0/s1. The molecule has 164 valence electrons. The Hall–Kier alpha value is -1.73. The lowest BCUT2D eigenvalue weighted by molar-refractivity contribution is -0.387. The van der Waals surface area contributed by atoms with Gasteiger partial charge < -0.3 is 0 Å². The minimum absolute atomic E-state index is 0.313. The Morgan fingerprint density at radius 3 is 2.43 bits per heavy atom. The van der Waals surface area contributed by atoms with Gasteiger partial charge in [0, 0.05) is 17.1 Å². The fraction of sp³-hybridized carbons (Fsp3) is 0.333. The second kappa shape index (κ2) is 9.60. The topological polar surface area (TPSA) is 118 Å². The molecule has 2 aromatic rings. The summed E-state index contributed by atoms with van der Waals surface area (Å²) in [4.78, 5) is 9.89. The first kappa shape index (κ1) is 24.5. The average Bonchev–Trinajstić information content (AvgIpc) is 2.63. The van der Waals surface area contributed by atoms with Crippen molar-refractivity contribution >= 4 is 42.6 Å². The Balaban J connectivity index is 2.36. The van der Waals surface area contributed by atoms with Gasteiger partial charge in [0.25, 0.3) is 5.69 Å². The lowest BCUT2D eigenvalue weighted by Gasteiger charge is -2.25. The highest BCUT2D eigenvalue weighted by atomic mass is 79.9. The van der Waals surface area contributed by atoms with Crippen molar-refractivity contribution in [2.45, 2.75) is 36.5 Å². The van der Waals surface area contributed by atoms with Gasteiger partial charge in [0.15, 0.2) is 4.90 Å². The van der Waals surface area contributed by atoms with E-state index < -0.39 is 53.1 Å². The number of nitrogens with one attached hydrogen (secondary N) is 2. The lowest BCUT2D eigenvalue weighted by atomic mass is 10.1. The van der Waals surface area contributed by atoms with Gasteiger partial charge in [-0.3, -0.25) is 10.1 Å². The number of para-hydroxylation sites is 1. The van der Waals surface area contributed by atoms with Crippen LogP contribution in [0.5, 0.6) is 0 Å². The Morgan fingerprint density at radius 1 is 1.23 bits per heavy atom. The monoisotopic (exact) mass is 521 g/mol. The van der Waals surface area contributed by atoms with Crippen LogP contribution in [0.4, 0.5) is 10.1 Å². The molecule has 0 radical (unpaired) electrons. The first-order valence-electron chi connectivity index (χ1n) is 8.68. The highest BCUT2D eigenvalue weighted by Gasteiger charge is 2.28. The number of sulfonamides is 1. The first-order valence-corrected chi connectivity index (χ1v) is 12.1. The quantitative estimate of drug-likeness (QED) is 0.406. The number of halogens is 2. The molecule has 0 aliphatic rings. The zero-order valence-electron chi connectivity index (χ0n) is 16.4. The van der Waals surface area contributed by atoms with Crippen LogP contribution in [0.25, 0.3) is 0 Å². The van der Waals surface area contributed by atoms with Gasteiger partial charge in [0.2, 0.25) is 10.0 Å². The lowest BCUT2D eigenvalue weighted by Crippen LogP contribution is -2.41. The van der Waals surface area contributed by atoms with E-state index in [1.165, 1.54) is 24.3 Å². The number of nitro benzene ring substituents is 1. The van der Waals surface area contributed by atoms with E-state index in [2.05, 4.69) is 25.4 Å². The van der Waals surface area contributed by atoms with E-state index in [0.29, 0.717) is 10.0 Å². The van der Waals surface area contributed by atoms with E-state index >= 15 is 0 Å². The third kappa shape index (κ3) is 6.38. The Morgan fingerprint density at radius 2 is 1.87 bits per heavy atom. The molecular weight excluding hydrogens is 501 g/mol. The van der Waals surface area contributed by atoms with Crippen molar-refractivity contribution in [3.63, 3.8) is 0 Å². The molecule has 12 heteroatoms. The summed E-state index contributed by atoms with van der Waals surface area (Å²) in [6.07, 6.45) is 0. The minimum atomic E-state index is -4.27. The van der Waals surface area contributed by atoms with Crippen molar-refractivity contribution in [1.82, 2.24) is 9.44 Å². The van der Waals surface area contributed by atoms with Crippen molar-refractivity contribution in [2.24, 2.45) is 0 Å². The van der Waals surface area contributed by atoms with Crippen LogP contribution < -0.4 is 9.44 Å². The summed E-state index contributed by atoms with van der Waals surface area (Å²) in [6.45, 7) is 4.87. The zero-order valence-corrected chi connectivity index (χ0v) is 19.6. The number of nitro groups is 1. The molecule has 0 saturated heterocycles. The fourth-order valence-electron chi connectivity index (χ4n) is 2.42. The first-order chi connectivity index (χ1) is 13.8. The summed E-state index contributed by atoms with van der Waals surface area (Å²) in [5.74, 6) is -0.561. The van der Waals surface area contributed by atoms with E-state index in [9.17, 15) is 27.1 Å². The van der Waals surface area contributed by atoms with Gasteiger partial charge in [-0.2, -0.15) is 0 Å². The van der Waals surface area contributed by atoms with Gasteiger partial charge in [0.1, 0.15) is 5.82 Å². The molecule has 0 heterocycles. The third-order valence-electron chi connectivity index (χ3n) is 3.92. The van der Waals surface area contributed by atoms with Crippen LogP contribution in [-0.2, 0) is 21.0 Å². The molecule has 1 unspecified atom stereocenters. The van der Waals surface area contributed by atoms with Crippen LogP contribution >= 0.6 is 15.9 Å². The normalized spacial score (nSPS) is 14.3. The van der Waals surface area contributed by atoms with Gasteiger partial charge in [0.05, 0.1) is 26.7 Å². The zero-order chi connectivity index (χ0) is 22.7. The molecule has 0 saturated carbocycles. The molecule has 0 aliphatic carbocycles. The van der Waals surface area contributed by atoms with E-state index in [0.717, 1.165) is 12.1 Å². The van der Waals surface area contributed by atoms with E-state index in [1.807, 2.05) is 0 Å². The summed E-state index contributed by atoms with van der Waals surface area (Å²) in [5, 5.41) is 11.2. The van der Waals surface area contributed by atoms with Crippen molar-refractivity contribution in [2.75, 3.05) is 6.54 Å². The van der Waals surface area contributed by atoms with E-state index in [-0.39, 0.29) is 6.54 Å². The second-order valence-corrected chi connectivity index (χ2v) is 12.0. The van der Waals surface area contributed by atoms with Crippen LogP contribution in [0.2, 0.25) is 0 Å². The van der Waals surface area contributed by atoms with E-state index in [4.69, 9.17) is 0 Å². The van der Waals surface area contributed by atoms with Crippen molar-refractivity contribution in [1.29, 1.82) is 0 Å². The maximum atomic E-state index is 13.9. The van der Waals surface area contributed by atoms with Crippen LogP contribution in [0.1, 0.15) is 32.4 Å². The van der Waals surface area contributed by atoms with Gasteiger partial charge in [-0.15, -0.1) is 0 Å². The molecule has 0 spiro atoms. The molecule has 0 amide bonds. The fourth-order valence-corrected chi connectivity index (χ4v) is 4.95. The number of benzene rings is 2. The molecule has 2 aromatic carbocycles. The van der Waals surface area contributed by atoms with Crippen molar-refractivity contribution in [3.8, 4) is 0 Å².